The Morgan fingerprint density at radius 3 is 1.61 bits per heavy atom. The van der Waals surface area contributed by atoms with E-state index >= 15 is 0 Å². The van der Waals surface area contributed by atoms with Crippen LogP contribution in [0.15, 0.2) is 224 Å². The molecule has 10 aromatic rings. The van der Waals surface area contributed by atoms with Crippen molar-refractivity contribution in [2.45, 2.75) is 5.41 Å². The van der Waals surface area contributed by atoms with Crippen LogP contribution in [0.4, 0.5) is 17.1 Å². The SMILES string of the molecule is c1ccc(-c2cccc(-c3cccc(N(c4ccccc4)c4cccc5c4sc4ccc(C6(c7ccccc7)c7ccccc7-c7ccccc76)cc45)c3)c2)cc1. The van der Waals surface area contributed by atoms with E-state index in [0.29, 0.717) is 0 Å². The molecule has 1 aromatic heterocycles. The van der Waals surface area contributed by atoms with Crippen LogP contribution in [0.5, 0.6) is 0 Å². The van der Waals surface area contributed by atoms with E-state index in [1.54, 1.807) is 0 Å². The number of fused-ring (bicyclic) bond motifs is 6. The van der Waals surface area contributed by atoms with Crippen LogP contribution in [0.1, 0.15) is 22.3 Å². The van der Waals surface area contributed by atoms with E-state index in [9.17, 15) is 0 Å². The third-order valence-electron chi connectivity index (χ3n) is 11.7. The molecule has 1 heterocycles. The lowest BCUT2D eigenvalue weighted by Crippen LogP contribution is -2.28. The van der Waals surface area contributed by atoms with Crippen molar-refractivity contribution in [2.24, 2.45) is 0 Å². The molecular formula is C55H37NS. The fraction of sp³-hybridized carbons (Fsp3) is 0.0182. The molecule has 0 radical (unpaired) electrons. The van der Waals surface area contributed by atoms with E-state index in [1.165, 1.54) is 81.5 Å². The molecule has 0 amide bonds. The largest absolute Gasteiger partial charge is 0.309 e. The summed E-state index contributed by atoms with van der Waals surface area (Å²) in [4.78, 5) is 2.43. The number of para-hydroxylation sites is 1. The second-order valence-corrected chi connectivity index (χ2v) is 15.9. The van der Waals surface area contributed by atoms with Crippen LogP contribution in [0, 0.1) is 0 Å². The molecule has 0 unspecified atom stereocenters. The maximum absolute atomic E-state index is 2.48. The van der Waals surface area contributed by atoms with E-state index in [-0.39, 0.29) is 0 Å². The van der Waals surface area contributed by atoms with E-state index in [2.05, 4.69) is 229 Å². The van der Waals surface area contributed by atoms with Crippen LogP contribution in [0.3, 0.4) is 0 Å². The molecule has 0 spiro atoms. The second-order valence-electron chi connectivity index (χ2n) is 14.8. The lowest BCUT2D eigenvalue weighted by Gasteiger charge is -2.34. The topological polar surface area (TPSA) is 3.24 Å². The highest BCUT2D eigenvalue weighted by molar-refractivity contribution is 7.26. The summed E-state index contributed by atoms with van der Waals surface area (Å²) < 4.78 is 2.55. The van der Waals surface area contributed by atoms with Gasteiger partial charge in [-0.25, -0.2) is 0 Å². The van der Waals surface area contributed by atoms with Gasteiger partial charge in [0.1, 0.15) is 0 Å². The van der Waals surface area contributed by atoms with Gasteiger partial charge < -0.3 is 4.90 Å². The number of hydrogen-bond donors (Lipinski definition) is 0. The Kier molecular flexibility index (Phi) is 7.98. The second kappa shape index (κ2) is 13.6. The maximum Gasteiger partial charge on any atom is 0.0713 e. The highest BCUT2D eigenvalue weighted by atomic mass is 32.1. The molecule has 0 N–H and O–H groups in total. The summed E-state index contributed by atoms with van der Waals surface area (Å²) in [6, 6.07) is 82.4. The summed E-state index contributed by atoms with van der Waals surface area (Å²) in [5.74, 6) is 0. The molecule has 268 valence electrons. The van der Waals surface area contributed by atoms with E-state index in [0.717, 1.165) is 11.4 Å². The van der Waals surface area contributed by atoms with Gasteiger partial charge in [-0.3, -0.25) is 0 Å². The molecule has 0 atom stereocenters. The number of hydrogen-bond acceptors (Lipinski definition) is 2. The first-order valence-electron chi connectivity index (χ1n) is 19.6. The Labute approximate surface area is 337 Å². The van der Waals surface area contributed by atoms with Crippen LogP contribution < -0.4 is 4.90 Å². The normalized spacial score (nSPS) is 12.7. The number of thiophene rings is 1. The van der Waals surface area contributed by atoms with Gasteiger partial charge in [0.05, 0.1) is 15.8 Å². The number of benzene rings is 9. The average molecular weight is 744 g/mol. The average Bonchev–Trinajstić information content (AvgIpc) is 3.82. The van der Waals surface area contributed by atoms with Crippen LogP contribution in [0.2, 0.25) is 0 Å². The molecule has 11 rings (SSSR count). The minimum Gasteiger partial charge on any atom is -0.309 e. The summed E-state index contributed by atoms with van der Waals surface area (Å²) >= 11 is 1.88. The van der Waals surface area contributed by atoms with Crippen molar-refractivity contribution < 1.29 is 0 Å². The molecule has 1 aliphatic carbocycles. The van der Waals surface area contributed by atoms with Crippen LogP contribution >= 0.6 is 11.3 Å². The summed E-state index contributed by atoms with van der Waals surface area (Å²) in [5.41, 5.74) is 15.6. The van der Waals surface area contributed by atoms with Crippen molar-refractivity contribution in [1.29, 1.82) is 0 Å². The van der Waals surface area contributed by atoms with Gasteiger partial charge in [-0.1, -0.05) is 176 Å². The smallest absolute Gasteiger partial charge is 0.0713 e. The summed E-state index contributed by atoms with van der Waals surface area (Å²) in [6.07, 6.45) is 0. The molecule has 0 saturated carbocycles. The zero-order valence-electron chi connectivity index (χ0n) is 31.2. The summed E-state index contributed by atoms with van der Waals surface area (Å²) in [5, 5.41) is 2.55. The number of nitrogens with zero attached hydrogens (tertiary/aromatic N) is 1. The molecule has 2 heteroatoms. The van der Waals surface area contributed by atoms with E-state index in [1.807, 2.05) is 11.3 Å². The molecule has 57 heavy (non-hydrogen) atoms. The van der Waals surface area contributed by atoms with Gasteiger partial charge in [0.15, 0.2) is 0 Å². The highest BCUT2D eigenvalue weighted by Crippen LogP contribution is 2.57. The van der Waals surface area contributed by atoms with Crippen molar-refractivity contribution in [1.82, 2.24) is 0 Å². The quantitative estimate of drug-likeness (QED) is 0.157. The van der Waals surface area contributed by atoms with Gasteiger partial charge in [-0.15, -0.1) is 11.3 Å². The molecule has 0 bridgehead atoms. The Bertz CT molecular complexity index is 3030. The Hall–Kier alpha value is -7.00. The Morgan fingerprint density at radius 1 is 0.351 bits per heavy atom. The molecule has 1 aliphatic rings. The highest BCUT2D eigenvalue weighted by Gasteiger charge is 2.46. The van der Waals surface area contributed by atoms with Crippen LogP contribution in [0.25, 0.3) is 53.6 Å². The van der Waals surface area contributed by atoms with Crippen molar-refractivity contribution in [2.75, 3.05) is 4.90 Å². The van der Waals surface area contributed by atoms with E-state index in [4.69, 9.17) is 0 Å². The van der Waals surface area contributed by atoms with Crippen LogP contribution in [-0.2, 0) is 5.41 Å². The van der Waals surface area contributed by atoms with Crippen molar-refractivity contribution in [3.05, 3.63) is 247 Å². The lowest BCUT2D eigenvalue weighted by atomic mass is 9.67. The zero-order chi connectivity index (χ0) is 37.8. The van der Waals surface area contributed by atoms with E-state index < -0.39 is 5.41 Å². The van der Waals surface area contributed by atoms with Gasteiger partial charge >= 0.3 is 0 Å². The minimum atomic E-state index is -0.442. The van der Waals surface area contributed by atoms with Crippen LogP contribution in [-0.4, -0.2) is 0 Å². The van der Waals surface area contributed by atoms with Crippen molar-refractivity contribution in [3.8, 4) is 33.4 Å². The molecular weight excluding hydrogens is 707 g/mol. The van der Waals surface area contributed by atoms with Gasteiger partial charge in [0.25, 0.3) is 0 Å². The molecule has 0 saturated heterocycles. The third-order valence-corrected chi connectivity index (χ3v) is 12.9. The fourth-order valence-electron chi connectivity index (χ4n) is 9.24. The number of anilines is 3. The first-order valence-corrected chi connectivity index (χ1v) is 20.4. The monoisotopic (exact) mass is 743 g/mol. The summed E-state index contributed by atoms with van der Waals surface area (Å²) in [6.45, 7) is 0. The molecule has 9 aromatic carbocycles. The predicted molar refractivity (Wildman–Crippen MR) is 242 cm³/mol. The predicted octanol–water partition coefficient (Wildman–Crippen LogP) is 15.2. The fourth-order valence-corrected chi connectivity index (χ4v) is 10.4. The third kappa shape index (κ3) is 5.37. The van der Waals surface area contributed by atoms with Crippen molar-refractivity contribution >= 4 is 48.6 Å². The maximum atomic E-state index is 2.48. The zero-order valence-corrected chi connectivity index (χ0v) is 32.0. The first kappa shape index (κ1) is 33.3. The van der Waals surface area contributed by atoms with Crippen molar-refractivity contribution in [3.63, 3.8) is 0 Å². The Balaban J connectivity index is 1.09. The molecule has 0 fully saturated rings. The van der Waals surface area contributed by atoms with Gasteiger partial charge in [-0.05, 0) is 104 Å². The lowest BCUT2D eigenvalue weighted by molar-refractivity contribution is 0.770. The number of rotatable bonds is 7. The first-order chi connectivity index (χ1) is 28.3. The standard InChI is InChI=1S/C55H37NS/c1-4-17-38(18-5-1)39-19-14-20-40(35-39)41-21-15-26-45(36-41)56(44-24-8-3-9-25-44)52-32-16-29-48-49-37-43(33-34-53(49)57-54(48)52)55(42-22-6-2-7-23-42)50-30-12-10-27-46(50)47-28-11-13-31-51(47)55/h1-37H. The van der Waals surface area contributed by atoms with Gasteiger partial charge in [-0.2, -0.15) is 0 Å². The molecule has 1 nitrogen and oxygen atoms in total. The van der Waals surface area contributed by atoms with Gasteiger partial charge in [0, 0.05) is 26.8 Å². The Morgan fingerprint density at radius 2 is 0.895 bits per heavy atom. The molecule has 0 aliphatic heterocycles. The minimum absolute atomic E-state index is 0.442. The summed E-state index contributed by atoms with van der Waals surface area (Å²) in [7, 11) is 0. The van der Waals surface area contributed by atoms with Gasteiger partial charge in [0.2, 0.25) is 0 Å².